The minimum absolute atomic E-state index is 0.300. The average Bonchev–Trinajstić information content (AvgIpc) is 3.40. The summed E-state index contributed by atoms with van der Waals surface area (Å²) >= 11 is 1.17. The molecule has 0 unspecified atom stereocenters. The fourth-order valence-electron chi connectivity index (χ4n) is 3.22. The van der Waals surface area contributed by atoms with Crippen molar-refractivity contribution >= 4 is 37.8 Å². The molecule has 3 N–H and O–H groups in total. The summed E-state index contributed by atoms with van der Waals surface area (Å²) in [4.78, 5) is 9.24. The summed E-state index contributed by atoms with van der Waals surface area (Å²) in [5, 5.41) is 8.18. The highest BCUT2D eigenvalue weighted by molar-refractivity contribution is 7.91. The summed E-state index contributed by atoms with van der Waals surface area (Å²) in [6.45, 7) is 2.24. The lowest BCUT2D eigenvalue weighted by Gasteiger charge is -2.10. The second-order valence-electron chi connectivity index (χ2n) is 7.35. The molecule has 0 atom stereocenters. The van der Waals surface area contributed by atoms with E-state index < -0.39 is 10.0 Å². The van der Waals surface area contributed by atoms with Gasteiger partial charge in [-0.1, -0.05) is 0 Å². The first-order valence-corrected chi connectivity index (χ1v) is 11.8. The monoisotopic (exact) mass is 460 g/mol. The quantitative estimate of drug-likeness (QED) is 0.432. The Labute approximate surface area is 184 Å². The smallest absolute Gasteiger partial charge is 0.252 e. The Balaban J connectivity index is 1.80. The normalized spacial score (nSPS) is 12.2. The number of nitrogens with zero attached hydrogens (tertiary/aromatic N) is 6. The van der Waals surface area contributed by atoms with E-state index in [1.165, 1.54) is 29.7 Å². The third-order valence-corrected chi connectivity index (χ3v) is 8.35. The van der Waals surface area contributed by atoms with E-state index in [0.29, 0.717) is 39.2 Å². The van der Waals surface area contributed by atoms with E-state index in [-0.39, 0.29) is 0 Å². The van der Waals surface area contributed by atoms with Crippen molar-refractivity contribution in [1.82, 2.24) is 28.5 Å². The van der Waals surface area contributed by atoms with Crippen LogP contribution in [0.2, 0.25) is 0 Å². The van der Waals surface area contributed by atoms with E-state index >= 15 is 0 Å². The molecule has 4 heterocycles. The van der Waals surface area contributed by atoms with Gasteiger partial charge in [-0.3, -0.25) is 9.08 Å². The second-order valence-corrected chi connectivity index (χ2v) is 10.8. The molecule has 0 aliphatic heterocycles. The van der Waals surface area contributed by atoms with Crippen LogP contribution in [0.4, 0.5) is 10.8 Å². The van der Waals surface area contributed by atoms with Crippen molar-refractivity contribution in [3.05, 3.63) is 42.1 Å². The van der Waals surface area contributed by atoms with Crippen LogP contribution in [-0.2, 0) is 23.5 Å². The molecule has 0 spiro atoms. The number of fused-ring (bicyclic) bond motifs is 1. The number of hydrogen-bond donors (Lipinski definition) is 2. The van der Waals surface area contributed by atoms with Crippen LogP contribution in [0.15, 0.2) is 35.1 Å². The average molecular weight is 461 g/mol. The van der Waals surface area contributed by atoms with Crippen LogP contribution in [-0.4, -0.2) is 57.5 Å². The van der Waals surface area contributed by atoms with E-state index in [9.17, 15) is 8.42 Å². The molecule has 0 saturated carbocycles. The highest BCUT2D eigenvalue weighted by Gasteiger charge is 2.23. The maximum atomic E-state index is 12.6. The fraction of sp³-hybridized carbons (Fsp3) is 0.316. The van der Waals surface area contributed by atoms with Gasteiger partial charge in [-0.05, 0) is 25.1 Å². The molecule has 0 aromatic carbocycles. The van der Waals surface area contributed by atoms with Gasteiger partial charge in [0.05, 0.1) is 28.8 Å². The number of nitrogens with one attached hydrogen (secondary N) is 1. The van der Waals surface area contributed by atoms with E-state index in [2.05, 4.69) is 20.4 Å². The van der Waals surface area contributed by atoms with Crippen LogP contribution in [0, 0.1) is 6.92 Å². The SMILES string of the molecule is Cc1cc(Nc2nc(CCN)cn3c(-c4cnn(C)c4)cnc23)sc1S(=O)(=O)N(C)C. The minimum Gasteiger partial charge on any atom is -0.330 e. The van der Waals surface area contributed by atoms with Crippen molar-refractivity contribution in [3.63, 3.8) is 0 Å². The van der Waals surface area contributed by atoms with Gasteiger partial charge in [0.25, 0.3) is 10.0 Å². The molecule has 31 heavy (non-hydrogen) atoms. The highest BCUT2D eigenvalue weighted by Crippen LogP contribution is 2.34. The second kappa shape index (κ2) is 8.04. The summed E-state index contributed by atoms with van der Waals surface area (Å²) < 4.78 is 30.4. The van der Waals surface area contributed by atoms with Crippen LogP contribution in [0.1, 0.15) is 11.3 Å². The third-order valence-electron chi connectivity index (χ3n) is 4.77. The van der Waals surface area contributed by atoms with Gasteiger partial charge in [-0.2, -0.15) is 5.10 Å². The van der Waals surface area contributed by atoms with Crippen LogP contribution in [0.25, 0.3) is 16.9 Å². The topological polar surface area (TPSA) is 123 Å². The Morgan fingerprint density at radius 2 is 2.03 bits per heavy atom. The first-order chi connectivity index (χ1) is 14.7. The minimum atomic E-state index is -3.52. The van der Waals surface area contributed by atoms with Crippen molar-refractivity contribution in [1.29, 1.82) is 0 Å². The number of aryl methyl sites for hydroxylation is 2. The molecular formula is C19H24N8O2S2. The van der Waals surface area contributed by atoms with Gasteiger partial charge in [0, 0.05) is 45.5 Å². The molecule has 12 heteroatoms. The van der Waals surface area contributed by atoms with Crippen LogP contribution in [0.5, 0.6) is 0 Å². The third kappa shape index (κ3) is 3.94. The Kier molecular flexibility index (Phi) is 5.56. The summed E-state index contributed by atoms with van der Waals surface area (Å²) in [7, 11) is 1.38. The van der Waals surface area contributed by atoms with Crippen LogP contribution < -0.4 is 11.1 Å². The lowest BCUT2D eigenvalue weighted by Crippen LogP contribution is -2.21. The summed E-state index contributed by atoms with van der Waals surface area (Å²) in [5.41, 5.74) is 9.68. The van der Waals surface area contributed by atoms with Crippen molar-refractivity contribution in [2.24, 2.45) is 12.8 Å². The number of sulfonamides is 1. The number of imidazole rings is 1. The van der Waals surface area contributed by atoms with Crippen LogP contribution >= 0.6 is 11.3 Å². The Morgan fingerprint density at radius 3 is 2.68 bits per heavy atom. The molecule has 0 bridgehead atoms. The van der Waals surface area contributed by atoms with E-state index in [1.807, 2.05) is 23.8 Å². The summed E-state index contributed by atoms with van der Waals surface area (Å²) in [6, 6.07) is 1.81. The zero-order valence-corrected chi connectivity index (χ0v) is 19.3. The molecule has 10 nitrogen and oxygen atoms in total. The number of thiophene rings is 1. The lowest BCUT2D eigenvalue weighted by molar-refractivity contribution is 0.522. The van der Waals surface area contributed by atoms with Gasteiger partial charge in [-0.15, -0.1) is 11.3 Å². The largest absolute Gasteiger partial charge is 0.330 e. The van der Waals surface area contributed by atoms with Gasteiger partial charge in [0.2, 0.25) is 0 Å². The molecule has 4 aromatic heterocycles. The Morgan fingerprint density at radius 1 is 1.26 bits per heavy atom. The van der Waals surface area contributed by atoms with Crippen molar-refractivity contribution < 1.29 is 8.42 Å². The Hall–Kier alpha value is -2.80. The predicted molar refractivity (Wildman–Crippen MR) is 121 cm³/mol. The number of hydrogen-bond acceptors (Lipinski definition) is 8. The number of aromatic nitrogens is 5. The molecule has 0 amide bonds. The maximum absolute atomic E-state index is 12.6. The van der Waals surface area contributed by atoms with Gasteiger partial charge < -0.3 is 11.1 Å². The first-order valence-electron chi connectivity index (χ1n) is 9.56. The lowest BCUT2D eigenvalue weighted by atomic mass is 10.2. The molecule has 4 rings (SSSR count). The maximum Gasteiger partial charge on any atom is 0.252 e. The molecule has 4 aromatic rings. The predicted octanol–water partition coefficient (Wildman–Crippen LogP) is 1.99. The molecule has 0 radical (unpaired) electrons. The molecule has 0 aliphatic rings. The van der Waals surface area contributed by atoms with Crippen molar-refractivity contribution in [2.75, 3.05) is 26.0 Å². The number of anilines is 2. The van der Waals surface area contributed by atoms with E-state index in [4.69, 9.17) is 5.73 Å². The number of rotatable bonds is 7. The molecule has 0 saturated heterocycles. The van der Waals surface area contributed by atoms with Gasteiger partial charge in [0.1, 0.15) is 4.21 Å². The van der Waals surface area contributed by atoms with Gasteiger partial charge >= 0.3 is 0 Å². The molecule has 0 aliphatic carbocycles. The standard InChI is InChI=1S/C19H24N8O2S2/c1-12-7-16(30-19(12)31(28,29)25(2)3)24-17-18-21-9-15(13-8-22-26(4)10-13)27(18)11-14(23-17)5-6-20/h7-11H,5-6,20H2,1-4H3,(H,23,24). The van der Waals surface area contributed by atoms with Crippen molar-refractivity contribution in [2.45, 2.75) is 17.6 Å². The number of nitrogens with two attached hydrogens (primary N) is 1. The zero-order valence-electron chi connectivity index (χ0n) is 17.7. The summed E-state index contributed by atoms with van der Waals surface area (Å²) in [5.74, 6) is 0.538. The van der Waals surface area contributed by atoms with E-state index in [1.54, 1.807) is 30.1 Å². The van der Waals surface area contributed by atoms with Gasteiger partial charge in [-0.25, -0.2) is 22.7 Å². The highest BCUT2D eigenvalue weighted by atomic mass is 32.2. The first kappa shape index (κ1) is 21.4. The van der Waals surface area contributed by atoms with Gasteiger partial charge in [0.15, 0.2) is 11.5 Å². The molecular weight excluding hydrogens is 436 g/mol. The van der Waals surface area contributed by atoms with Crippen molar-refractivity contribution in [3.8, 4) is 11.3 Å². The summed E-state index contributed by atoms with van der Waals surface area (Å²) in [6.07, 6.45) is 7.98. The van der Waals surface area contributed by atoms with Crippen LogP contribution in [0.3, 0.4) is 0 Å². The van der Waals surface area contributed by atoms with E-state index in [0.717, 1.165) is 17.0 Å². The molecule has 0 fully saturated rings. The zero-order chi connectivity index (χ0) is 22.3. The Bertz CT molecular complexity index is 1350. The molecule has 164 valence electrons. The fourth-order valence-corrected chi connectivity index (χ4v) is 5.96.